The zero-order valence-electron chi connectivity index (χ0n) is 25.0. The van der Waals surface area contributed by atoms with Crippen molar-refractivity contribution in [2.24, 2.45) is 5.92 Å². The van der Waals surface area contributed by atoms with Gasteiger partial charge in [-0.25, -0.2) is 0 Å². The van der Waals surface area contributed by atoms with E-state index in [1.54, 1.807) is 0 Å². The van der Waals surface area contributed by atoms with Crippen molar-refractivity contribution in [3.63, 3.8) is 0 Å². The average Bonchev–Trinajstić information content (AvgIpc) is 3.05. The van der Waals surface area contributed by atoms with Crippen molar-refractivity contribution < 1.29 is 23.1 Å². The summed E-state index contributed by atoms with van der Waals surface area (Å²) in [7, 11) is -3.83. The molecule has 0 amide bonds. The Hall–Kier alpha value is -3.54. The average molecular weight is 600 g/mol. The lowest BCUT2D eigenvalue weighted by atomic mass is 10.0. The van der Waals surface area contributed by atoms with E-state index in [9.17, 15) is 9.36 Å². The van der Waals surface area contributed by atoms with Crippen molar-refractivity contribution in [1.29, 1.82) is 0 Å². The molecule has 0 bridgehead atoms. The minimum absolute atomic E-state index is 0.115. The fourth-order valence-electron chi connectivity index (χ4n) is 4.74. The quantitative estimate of drug-likeness (QED) is 0.0972. The van der Waals surface area contributed by atoms with Crippen LogP contribution in [0.1, 0.15) is 48.9 Å². The Bertz CT molecular complexity index is 1350. The number of hydrogen-bond donors (Lipinski definition) is 1. The van der Waals surface area contributed by atoms with E-state index in [2.05, 4.69) is 19.2 Å². The predicted molar refractivity (Wildman–Crippen MR) is 171 cm³/mol. The molecule has 226 valence electrons. The zero-order valence-corrected chi connectivity index (χ0v) is 25.9. The van der Waals surface area contributed by atoms with Crippen molar-refractivity contribution >= 4 is 13.6 Å². The van der Waals surface area contributed by atoms with Crippen LogP contribution >= 0.6 is 7.60 Å². The molecule has 0 saturated heterocycles. The predicted octanol–water partition coefficient (Wildman–Crippen LogP) is 8.32. The van der Waals surface area contributed by atoms with Crippen LogP contribution in [0.15, 0.2) is 121 Å². The molecule has 0 spiro atoms. The highest BCUT2D eigenvalue weighted by Gasteiger charge is 2.39. The van der Waals surface area contributed by atoms with Crippen molar-refractivity contribution in [2.45, 2.75) is 64.8 Å². The summed E-state index contributed by atoms with van der Waals surface area (Å²) in [4.78, 5) is 13.5. The lowest BCUT2D eigenvalue weighted by Gasteiger charge is -2.31. The molecule has 6 nitrogen and oxygen atoms in total. The number of rotatable bonds is 17. The van der Waals surface area contributed by atoms with Crippen LogP contribution in [0.5, 0.6) is 0 Å². The van der Waals surface area contributed by atoms with Gasteiger partial charge in [0.1, 0.15) is 18.4 Å². The molecule has 0 aliphatic rings. The zero-order chi connectivity index (χ0) is 30.3. The van der Waals surface area contributed by atoms with E-state index in [1.807, 2.05) is 121 Å². The van der Waals surface area contributed by atoms with Gasteiger partial charge in [-0.15, -0.1) is 0 Å². The van der Waals surface area contributed by atoms with Gasteiger partial charge in [0, 0.05) is 0 Å². The Kier molecular flexibility index (Phi) is 12.7. The normalized spacial score (nSPS) is 13.0. The van der Waals surface area contributed by atoms with Gasteiger partial charge in [-0.1, -0.05) is 135 Å². The van der Waals surface area contributed by atoms with Gasteiger partial charge >= 0.3 is 13.6 Å². The molecule has 0 aromatic heterocycles. The summed E-state index contributed by atoms with van der Waals surface area (Å²) in [6.45, 7) is 4.50. The lowest BCUT2D eigenvalue weighted by Crippen LogP contribution is -2.45. The topological polar surface area (TPSA) is 73.9 Å². The highest BCUT2D eigenvalue weighted by atomic mass is 31.2. The summed E-state index contributed by atoms with van der Waals surface area (Å²) in [5, 5.41) is 3.42. The SMILES string of the molecule is CC(C)C[C@H](NC(CCc1ccccc1)P(=O)(OCc1ccccc1)OCc1ccccc1)C(=O)OCc1ccccc1. The molecular weight excluding hydrogens is 557 g/mol. The van der Waals surface area contributed by atoms with Gasteiger partial charge in [0.25, 0.3) is 0 Å². The molecule has 1 unspecified atom stereocenters. The third-order valence-corrected chi connectivity index (χ3v) is 9.20. The molecular formula is C36H42NO5P. The number of esters is 1. The fourth-order valence-corrected chi connectivity index (χ4v) is 6.64. The van der Waals surface area contributed by atoms with E-state index in [0.29, 0.717) is 19.3 Å². The molecule has 43 heavy (non-hydrogen) atoms. The minimum Gasteiger partial charge on any atom is -0.460 e. The second kappa shape index (κ2) is 16.9. The number of carbonyl (C=O) groups is 1. The van der Waals surface area contributed by atoms with Crippen molar-refractivity contribution in [1.82, 2.24) is 5.32 Å². The van der Waals surface area contributed by atoms with E-state index < -0.39 is 19.4 Å². The lowest BCUT2D eigenvalue weighted by molar-refractivity contribution is -0.148. The third-order valence-electron chi connectivity index (χ3n) is 7.05. The molecule has 0 radical (unpaired) electrons. The highest BCUT2D eigenvalue weighted by molar-refractivity contribution is 7.54. The van der Waals surface area contributed by atoms with Crippen LogP contribution < -0.4 is 5.32 Å². The molecule has 0 heterocycles. The Balaban J connectivity index is 1.60. The second-order valence-corrected chi connectivity index (χ2v) is 13.3. The number of ether oxygens (including phenoxy) is 1. The first-order valence-corrected chi connectivity index (χ1v) is 16.5. The van der Waals surface area contributed by atoms with E-state index in [4.69, 9.17) is 13.8 Å². The maximum atomic E-state index is 14.8. The molecule has 0 saturated carbocycles. The maximum Gasteiger partial charge on any atom is 0.348 e. The second-order valence-electron chi connectivity index (χ2n) is 11.0. The van der Waals surface area contributed by atoms with Gasteiger partial charge in [0.05, 0.1) is 13.2 Å². The Morgan fingerprint density at radius 3 is 1.51 bits per heavy atom. The summed E-state index contributed by atoms with van der Waals surface area (Å²) in [5.41, 5.74) is 3.77. The van der Waals surface area contributed by atoms with Crippen LogP contribution in [0.4, 0.5) is 0 Å². The summed E-state index contributed by atoms with van der Waals surface area (Å²) in [6, 6.07) is 38.1. The Labute approximate surface area is 255 Å². The van der Waals surface area contributed by atoms with Crippen molar-refractivity contribution in [2.75, 3.05) is 0 Å². The minimum atomic E-state index is -3.83. The van der Waals surface area contributed by atoms with Gasteiger partial charge < -0.3 is 13.8 Å². The van der Waals surface area contributed by atoms with Crippen molar-refractivity contribution in [3.8, 4) is 0 Å². The molecule has 0 aliphatic heterocycles. The molecule has 2 atom stereocenters. The summed E-state index contributed by atoms with van der Waals surface area (Å²) in [5.74, 6) is -0.959. The molecule has 4 aromatic carbocycles. The van der Waals surface area contributed by atoms with Gasteiger partial charge in [-0.2, -0.15) is 0 Å². The molecule has 0 aliphatic carbocycles. The molecule has 1 N–H and O–H groups in total. The first kappa shape index (κ1) is 32.4. The molecule has 0 fully saturated rings. The molecule has 4 rings (SSSR count). The van der Waals surface area contributed by atoms with E-state index >= 15 is 0 Å². The largest absolute Gasteiger partial charge is 0.460 e. The number of nitrogens with one attached hydrogen (secondary N) is 1. The van der Waals surface area contributed by atoms with Gasteiger partial charge in [-0.3, -0.25) is 14.7 Å². The van der Waals surface area contributed by atoms with Crippen LogP contribution in [0.25, 0.3) is 0 Å². The maximum absolute atomic E-state index is 14.8. The van der Waals surface area contributed by atoms with Gasteiger partial charge in [0.15, 0.2) is 0 Å². The smallest absolute Gasteiger partial charge is 0.348 e. The van der Waals surface area contributed by atoms with Crippen molar-refractivity contribution in [3.05, 3.63) is 144 Å². The van der Waals surface area contributed by atoms with Crippen LogP contribution in [-0.4, -0.2) is 17.8 Å². The fraction of sp³-hybridized carbons (Fsp3) is 0.306. The first-order valence-electron chi connectivity index (χ1n) is 14.9. The van der Waals surface area contributed by atoms with Crippen LogP contribution in [0.3, 0.4) is 0 Å². The number of carbonyl (C=O) groups excluding carboxylic acids is 1. The van der Waals surface area contributed by atoms with E-state index in [-0.39, 0.29) is 31.7 Å². The Morgan fingerprint density at radius 2 is 1.07 bits per heavy atom. The standard InChI is InChI=1S/C36H42NO5P/c1-29(2)25-34(36(38)40-26-31-17-9-4-10-18-31)37-35(24-23-30-15-7-3-8-16-30)43(39,41-27-32-19-11-5-12-20-32)42-28-33-21-13-6-14-22-33/h3-22,29,34-35,37H,23-28H2,1-2H3/t34-,35?/m0/s1. The monoisotopic (exact) mass is 599 g/mol. The highest BCUT2D eigenvalue weighted by Crippen LogP contribution is 2.55. The number of benzene rings is 4. The third kappa shape index (κ3) is 10.9. The molecule has 4 aromatic rings. The van der Waals surface area contributed by atoms with E-state index in [1.165, 1.54) is 0 Å². The van der Waals surface area contributed by atoms with Crippen LogP contribution in [-0.2, 0) is 49.4 Å². The molecule has 7 heteroatoms. The Morgan fingerprint density at radius 1 is 0.651 bits per heavy atom. The summed E-state index contributed by atoms with van der Waals surface area (Å²) in [6.07, 6.45) is 1.57. The van der Waals surface area contributed by atoms with Crippen LogP contribution in [0, 0.1) is 5.92 Å². The van der Waals surface area contributed by atoms with Crippen LogP contribution in [0.2, 0.25) is 0 Å². The first-order chi connectivity index (χ1) is 20.9. The number of hydrogen-bond acceptors (Lipinski definition) is 6. The van der Waals surface area contributed by atoms with Gasteiger partial charge in [-0.05, 0) is 47.4 Å². The number of aryl methyl sites for hydroxylation is 1. The van der Waals surface area contributed by atoms with Gasteiger partial charge in [0.2, 0.25) is 0 Å². The van der Waals surface area contributed by atoms with E-state index in [0.717, 1.165) is 22.3 Å². The summed E-state index contributed by atoms with van der Waals surface area (Å²) >= 11 is 0. The summed E-state index contributed by atoms with van der Waals surface area (Å²) < 4.78 is 33.0.